The molecule has 24 heavy (non-hydrogen) atoms. The number of piperidine rings is 1. The summed E-state index contributed by atoms with van der Waals surface area (Å²) in [5, 5.41) is 6.67. The first kappa shape index (κ1) is 18.3. The van der Waals surface area contributed by atoms with Crippen LogP contribution in [0.3, 0.4) is 0 Å². The Morgan fingerprint density at radius 1 is 1.42 bits per heavy atom. The molecule has 0 aromatic carbocycles. The van der Waals surface area contributed by atoms with Crippen LogP contribution < -0.4 is 16.4 Å². The van der Waals surface area contributed by atoms with E-state index in [9.17, 15) is 4.79 Å². The van der Waals surface area contributed by atoms with Crippen molar-refractivity contribution in [3.63, 3.8) is 0 Å². The van der Waals surface area contributed by atoms with Crippen molar-refractivity contribution in [1.82, 2.24) is 15.5 Å². The lowest BCUT2D eigenvalue weighted by Crippen LogP contribution is -2.48. The minimum Gasteiger partial charge on any atom is -0.454 e. The Kier molecular flexibility index (Phi) is 7.11. The minimum absolute atomic E-state index is 0.175. The standard InChI is InChI=1S/C17H29N5O2/c1-3-4-9-22-10-7-13(8-11-22)21-17(19-2)20-12-14-5-6-15(24-14)16(18)23/h5-6,13H,3-4,7-12H2,1-2H3,(H2,18,23)(H2,19,20,21). The van der Waals surface area contributed by atoms with Crippen molar-refractivity contribution in [1.29, 1.82) is 0 Å². The third kappa shape index (κ3) is 5.56. The van der Waals surface area contributed by atoms with Crippen molar-refractivity contribution in [3.05, 3.63) is 23.7 Å². The van der Waals surface area contributed by atoms with E-state index in [2.05, 4.69) is 27.4 Å². The van der Waals surface area contributed by atoms with Crippen molar-refractivity contribution in [3.8, 4) is 0 Å². The fourth-order valence-corrected chi connectivity index (χ4v) is 2.85. The van der Waals surface area contributed by atoms with Crippen LogP contribution in [-0.2, 0) is 6.54 Å². The summed E-state index contributed by atoms with van der Waals surface area (Å²) < 4.78 is 5.36. The first-order valence-electron chi connectivity index (χ1n) is 8.70. The van der Waals surface area contributed by atoms with E-state index in [1.54, 1.807) is 19.2 Å². The number of likely N-dealkylation sites (tertiary alicyclic amines) is 1. The number of nitrogens with two attached hydrogens (primary N) is 1. The number of nitrogens with one attached hydrogen (secondary N) is 2. The van der Waals surface area contributed by atoms with E-state index >= 15 is 0 Å². The molecule has 1 aliphatic rings. The maximum Gasteiger partial charge on any atom is 0.284 e. The van der Waals surface area contributed by atoms with E-state index in [0.29, 0.717) is 18.3 Å². The van der Waals surface area contributed by atoms with Gasteiger partial charge < -0.3 is 25.7 Å². The molecule has 0 spiro atoms. The summed E-state index contributed by atoms with van der Waals surface area (Å²) in [4.78, 5) is 17.8. The summed E-state index contributed by atoms with van der Waals surface area (Å²) in [6.07, 6.45) is 4.77. The quantitative estimate of drug-likeness (QED) is 0.516. The number of unbranched alkanes of at least 4 members (excludes halogenated alkanes) is 1. The number of hydrogen-bond acceptors (Lipinski definition) is 4. The Bertz CT molecular complexity index is 547. The Labute approximate surface area is 143 Å². The molecule has 0 radical (unpaired) electrons. The van der Waals surface area contributed by atoms with Crippen LogP contribution >= 0.6 is 0 Å². The lowest BCUT2D eigenvalue weighted by molar-refractivity contribution is 0.0972. The molecule has 1 aromatic heterocycles. The highest BCUT2D eigenvalue weighted by atomic mass is 16.3. The number of furan rings is 1. The summed E-state index contributed by atoms with van der Waals surface area (Å²) >= 11 is 0. The lowest BCUT2D eigenvalue weighted by atomic mass is 10.0. The predicted octanol–water partition coefficient (Wildman–Crippen LogP) is 1.31. The molecule has 1 aliphatic heterocycles. The zero-order chi connectivity index (χ0) is 17.4. The summed E-state index contributed by atoms with van der Waals surface area (Å²) in [5.41, 5.74) is 5.18. The number of rotatable bonds is 7. The van der Waals surface area contributed by atoms with Crippen LogP contribution in [-0.4, -0.2) is 49.5 Å². The van der Waals surface area contributed by atoms with Gasteiger partial charge >= 0.3 is 0 Å². The molecular formula is C17H29N5O2. The van der Waals surface area contributed by atoms with Gasteiger partial charge in [0.05, 0.1) is 6.54 Å². The Hall–Kier alpha value is -2.02. The van der Waals surface area contributed by atoms with Gasteiger partial charge in [0.15, 0.2) is 11.7 Å². The maximum atomic E-state index is 11.0. The van der Waals surface area contributed by atoms with Crippen LogP contribution in [0.25, 0.3) is 0 Å². The van der Waals surface area contributed by atoms with Crippen LogP contribution in [0.5, 0.6) is 0 Å². The maximum absolute atomic E-state index is 11.0. The van der Waals surface area contributed by atoms with E-state index in [-0.39, 0.29) is 5.76 Å². The molecule has 0 atom stereocenters. The summed E-state index contributed by atoms with van der Waals surface area (Å²) in [6.45, 7) is 6.16. The minimum atomic E-state index is -0.557. The van der Waals surface area contributed by atoms with Gasteiger partial charge in [-0.15, -0.1) is 0 Å². The second-order valence-electron chi connectivity index (χ2n) is 6.17. The molecular weight excluding hydrogens is 306 g/mol. The van der Waals surface area contributed by atoms with Crippen LogP contribution in [0, 0.1) is 0 Å². The highest BCUT2D eigenvalue weighted by molar-refractivity contribution is 5.89. The number of nitrogens with zero attached hydrogens (tertiary/aromatic N) is 2. The third-order valence-corrected chi connectivity index (χ3v) is 4.31. The van der Waals surface area contributed by atoms with Crippen LogP contribution in [0.4, 0.5) is 0 Å². The molecule has 7 heteroatoms. The number of primary amides is 1. The highest BCUT2D eigenvalue weighted by Gasteiger charge is 2.19. The number of carbonyl (C=O) groups is 1. The average Bonchev–Trinajstić information content (AvgIpc) is 3.07. The fourth-order valence-electron chi connectivity index (χ4n) is 2.85. The van der Waals surface area contributed by atoms with Crippen LogP contribution in [0.2, 0.25) is 0 Å². The molecule has 134 valence electrons. The molecule has 1 fully saturated rings. The molecule has 0 unspecified atom stereocenters. The largest absolute Gasteiger partial charge is 0.454 e. The fraction of sp³-hybridized carbons (Fsp3) is 0.647. The number of hydrogen-bond donors (Lipinski definition) is 3. The van der Waals surface area contributed by atoms with Gasteiger partial charge in [0.25, 0.3) is 5.91 Å². The normalized spacial score (nSPS) is 17.0. The molecule has 4 N–H and O–H groups in total. The Morgan fingerprint density at radius 2 is 2.17 bits per heavy atom. The van der Waals surface area contributed by atoms with Crippen molar-refractivity contribution < 1.29 is 9.21 Å². The molecule has 0 aliphatic carbocycles. The van der Waals surface area contributed by atoms with Gasteiger partial charge in [0.2, 0.25) is 0 Å². The molecule has 0 bridgehead atoms. The zero-order valence-electron chi connectivity index (χ0n) is 14.7. The first-order valence-corrected chi connectivity index (χ1v) is 8.70. The molecule has 7 nitrogen and oxygen atoms in total. The molecule has 1 amide bonds. The van der Waals surface area contributed by atoms with Crippen molar-refractivity contribution in [2.24, 2.45) is 10.7 Å². The van der Waals surface area contributed by atoms with Gasteiger partial charge in [-0.05, 0) is 37.9 Å². The number of guanidine groups is 1. The van der Waals surface area contributed by atoms with Crippen molar-refractivity contribution >= 4 is 11.9 Å². The van der Waals surface area contributed by atoms with Crippen molar-refractivity contribution in [2.75, 3.05) is 26.7 Å². The Morgan fingerprint density at radius 3 is 2.75 bits per heavy atom. The second kappa shape index (κ2) is 9.32. The number of carbonyl (C=O) groups excluding carboxylic acids is 1. The topological polar surface area (TPSA) is 95.9 Å². The van der Waals surface area contributed by atoms with Gasteiger partial charge in [0, 0.05) is 26.2 Å². The van der Waals surface area contributed by atoms with Gasteiger partial charge in [0.1, 0.15) is 5.76 Å². The first-order chi connectivity index (χ1) is 11.6. The van der Waals surface area contributed by atoms with Gasteiger partial charge in [-0.2, -0.15) is 0 Å². The van der Waals surface area contributed by atoms with Crippen LogP contribution in [0.1, 0.15) is 48.9 Å². The second-order valence-corrected chi connectivity index (χ2v) is 6.17. The van der Waals surface area contributed by atoms with E-state index in [4.69, 9.17) is 10.2 Å². The van der Waals surface area contributed by atoms with Gasteiger partial charge in [-0.25, -0.2) is 0 Å². The Balaban J connectivity index is 1.73. The van der Waals surface area contributed by atoms with Gasteiger partial charge in [-0.1, -0.05) is 13.3 Å². The SMILES string of the molecule is CCCCN1CCC(NC(=NC)NCc2ccc(C(N)=O)o2)CC1. The molecule has 1 saturated heterocycles. The predicted molar refractivity (Wildman–Crippen MR) is 94.9 cm³/mol. The zero-order valence-corrected chi connectivity index (χ0v) is 14.7. The van der Waals surface area contributed by atoms with E-state index in [1.807, 2.05) is 0 Å². The summed E-state index contributed by atoms with van der Waals surface area (Å²) in [7, 11) is 1.75. The molecule has 1 aromatic rings. The lowest BCUT2D eigenvalue weighted by Gasteiger charge is -2.33. The monoisotopic (exact) mass is 335 g/mol. The average molecular weight is 335 g/mol. The van der Waals surface area contributed by atoms with Crippen LogP contribution in [0.15, 0.2) is 21.5 Å². The molecule has 0 saturated carbocycles. The van der Waals surface area contributed by atoms with Crippen molar-refractivity contribution in [2.45, 2.75) is 45.2 Å². The smallest absolute Gasteiger partial charge is 0.284 e. The summed E-state index contributed by atoms with van der Waals surface area (Å²) in [6, 6.07) is 3.76. The van der Waals surface area contributed by atoms with E-state index in [1.165, 1.54) is 19.4 Å². The van der Waals surface area contributed by atoms with E-state index < -0.39 is 5.91 Å². The number of amides is 1. The molecule has 2 rings (SSSR count). The third-order valence-electron chi connectivity index (χ3n) is 4.31. The molecule has 2 heterocycles. The van der Waals surface area contributed by atoms with E-state index in [0.717, 1.165) is 31.9 Å². The van der Waals surface area contributed by atoms with Gasteiger partial charge in [-0.3, -0.25) is 9.79 Å². The summed E-state index contributed by atoms with van der Waals surface area (Å²) in [5.74, 6) is 1.02. The highest BCUT2D eigenvalue weighted by Crippen LogP contribution is 2.11. The number of aliphatic imine (C=N–C) groups is 1.